The Morgan fingerprint density at radius 2 is 2.00 bits per heavy atom. The van der Waals surface area contributed by atoms with Crippen molar-refractivity contribution < 1.29 is 23.4 Å². The molecule has 0 aromatic heterocycles. The van der Waals surface area contributed by atoms with Crippen molar-refractivity contribution in [1.29, 1.82) is 0 Å². The number of methoxy groups -OCH3 is 1. The maximum atomic E-state index is 14.0. The molecule has 8 heteroatoms. The first-order chi connectivity index (χ1) is 13.8. The third-order valence-electron chi connectivity index (χ3n) is 4.06. The molecule has 3 rings (SSSR count). The van der Waals surface area contributed by atoms with Crippen molar-refractivity contribution >= 4 is 34.6 Å². The lowest BCUT2D eigenvalue weighted by molar-refractivity contribution is -0.122. The Hall–Kier alpha value is -2.87. The van der Waals surface area contributed by atoms with Gasteiger partial charge in [-0.1, -0.05) is 19.9 Å². The first kappa shape index (κ1) is 20.9. The molecule has 1 aliphatic rings. The van der Waals surface area contributed by atoms with E-state index >= 15 is 0 Å². The molecular formula is C21H20F2N2O3S. The van der Waals surface area contributed by atoms with Gasteiger partial charge in [-0.05, 0) is 53.6 Å². The summed E-state index contributed by atoms with van der Waals surface area (Å²) < 4.78 is 32.3. The third kappa shape index (κ3) is 4.76. The van der Waals surface area contributed by atoms with Gasteiger partial charge in [0, 0.05) is 12.6 Å². The molecule has 0 unspecified atom stereocenters. The Morgan fingerprint density at radius 3 is 2.66 bits per heavy atom. The van der Waals surface area contributed by atoms with Gasteiger partial charge in [0.15, 0.2) is 22.5 Å². The second-order valence-corrected chi connectivity index (χ2v) is 7.85. The van der Waals surface area contributed by atoms with Crippen LogP contribution in [0, 0.1) is 17.6 Å². The van der Waals surface area contributed by atoms with Crippen molar-refractivity contribution in [2.24, 2.45) is 10.9 Å². The van der Waals surface area contributed by atoms with E-state index in [1.165, 1.54) is 24.1 Å². The number of amidine groups is 1. The summed E-state index contributed by atoms with van der Waals surface area (Å²) in [6, 6.07) is 7.86. The molecule has 1 amide bonds. The van der Waals surface area contributed by atoms with Crippen LogP contribution in [0.1, 0.15) is 19.4 Å². The number of amides is 1. The molecule has 0 radical (unpaired) electrons. The van der Waals surface area contributed by atoms with Crippen LogP contribution in [0.2, 0.25) is 0 Å². The number of rotatable bonds is 5. The number of phenols is 1. The lowest BCUT2D eigenvalue weighted by Gasteiger charge is -2.17. The van der Waals surface area contributed by atoms with Gasteiger partial charge in [0.1, 0.15) is 11.5 Å². The number of carbonyl (C=O) groups is 1. The topological polar surface area (TPSA) is 62.1 Å². The lowest BCUT2D eigenvalue weighted by Crippen LogP contribution is -2.32. The zero-order chi connectivity index (χ0) is 21.1. The Balaban J connectivity index is 1.99. The summed E-state index contributed by atoms with van der Waals surface area (Å²) in [5.41, 5.74) is 0.622. The average Bonchev–Trinajstić information content (AvgIpc) is 2.94. The minimum absolute atomic E-state index is 0.00415. The maximum absolute atomic E-state index is 14.0. The van der Waals surface area contributed by atoms with Crippen LogP contribution in [-0.4, -0.2) is 34.7 Å². The van der Waals surface area contributed by atoms with Gasteiger partial charge in [0.25, 0.3) is 5.91 Å². The average molecular weight is 418 g/mol. The predicted molar refractivity (Wildman–Crippen MR) is 110 cm³/mol. The van der Waals surface area contributed by atoms with E-state index in [9.17, 15) is 18.7 Å². The predicted octanol–water partition coefficient (Wildman–Crippen LogP) is 4.94. The number of aliphatic imine (C=N–C) groups is 1. The van der Waals surface area contributed by atoms with Crippen LogP contribution in [0.15, 0.2) is 46.3 Å². The summed E-state index contributed by atoms with van der Waals surface area (Å²) in [5, 5.41) is 10.1. The van der Waals surface area contributed by atoms with E-state index in [0.717, 1.165) is 23.9 Å². The largest absolute Gasteiger partial charge is 0.504 e. The van der Waals surface area contributed by atoms with Gasteiger partial charge in [0.2, 0.25) is 0 Å². The molecule has 0 atom stereocenters. The highest BCUT2D eigenvalue weighted by Crippen LogP contribution is 2.36. The highest BCUT2D eigenvalue weighted by molar-refractivity contribution is 8.18. The molecule has 1 heterocycles. The highest BCUT2D eigenvalue weighted by atomic mass is 32.2. The van der Waals surface area contributed by atoms with Gasteiger partial charge >= 0.3 is 0 Å². The maximum Gasteiger partial charge on any atom is 0.266 e. The first-order valence-electron chi connectivity index (χ1n) is 8.90. The molecule has 2 aromatic rings. The molecule has 0 spiro atoms. The number of phenolic OH excluding ortho intramolecular Hbond substituents is 1. The molecule has 0 saturated carbocycles. The van der Waals surface area contributed by atoms with Crippen LogP contribution in [0.4, 0.5) is 14.5 Å². The third-order valence-corrected chi connectivity index (χ3v) is 5.07. The molecule has 5 nitrogen and oxygen atoms in total. The lowest BCUT2D eigenvalue weighted by atomic mass is 10.1. The van der Waals surface area contributed by atoms with Crippen molar-refractivity contribution in [3.63, 3.8) is 0 Å². The molecule has 1 aliphatic heterocycles. The number of carbonyl (C=O) groups excluding carboxylic acids is 1. The van der Waals surface area contributed by atoms with Gasteiger partial charge in [-0.2, -0.15) is 0 Å². The molecular weight excluding hydrogens is 398 g/mol. The number of aromatic hydroxyl groups is 1. The zero-order valence-electron chi connectivity index (χ0n) is 16.1. The number of thioether (sulfide) groups is 1. The molecule has 1 N–H and O–H groups in total. The zero-order valence-corrected chi connectivity index (χ0v) is 17.0. The number of halogens is 2. The summed E-state index contributed by atoms with van der Waals surface area (Å²) >= 11 is 1.11. The fraction of sp³-hybridized carbons (Fsp3) is 0.238. The second-order valence-electron chi connectivity index (χ2n) is 6.84. The summed E-state index contributed by atoms with van der Waals surface area (Å²) in [6.07, 6.45) is 1.66. The van der Waals surface area contributed by atoms with Crippen LogP contribution in [0.25, 0.3) is 6.08 Å². The van der Waals surface area contributed by atoms with Crippen molar-refractivity contribution in [1.82, 2.24) is 4.90 Å². The molecule has 1 fully saturated rings. The van der Waals surface area contributed by atoms with Crippen molar-refractivity contribution in [2.75, 3.05) is 13.7 Å². The van der Waals surface area contributed by atoms with E-state index in [0.29, 0.717) is 22.2 Å². The smallest absolute Gasteiger partial charge is 0.266 e. The van der Waals surface area contributed by atoms with Gasteiger partial charge in [-0.3, -0.25) is 9.69 Å². The summed E-state index contributed by atoms with van der Waals surface area (Å²) in [4.78, 5) is 19.1. The summed E-state index contributed by atoms with van der Waals surface area (Å²) in [5.74, 6) is -1.29. The Kier molecular flexibility index (Phi) is 6.22. The quantitative estimate of drug-likeness (QED) is 0.699. The van der Waals surface area contributed by atoms with Crippen LogP contribution in [0.5, 0.6) is 11.5 Å². The van der Waals surface area contributed by atoms with E-state index in [4.69, 9.17) is 4.74 Å². The number of hydrogen-bond acceptors (Lipinski definition) is 5. The van der Waals surface area contributed by atoms with E-state index in [1.54, 1.807) is 18.2 Å². The van der Waals surface area contributed by atoms with Crippen LogP contribution < -0.4 is 4.74 Å². The Morgan fingerprint density at radius 1 is 1.24 bits per heavy atom. The second kappa shape index (κ2) is 8.65. The van der Waals surface area contributed by atoms with E-state index < -0.39 is 11.6 Å². The van der Waals surface area contributed by atoms with Gasteiger partial charge in [0.05, 0.1) is 12.0 Å². The SMILES string of the molecule is COc1cc(/C=C2/SC(=Nc3ccc(F)cc3F)N(CC(C)C)C2=O)ccc1O. The van der Waals surface area contributed by atoms with Crippen molar-refractivity contribution in [3.05, 3.63) is 58.5 Å². The summed E-state index contributed by atoms with van der Waals surface area (Å²) in [7, 11) is 1.44. The molecule has 2 aromatic carbocycles. The van der Waals surface area contributed by atoms with Crippen LogP contribution in [0.3, 0.4) is 0 Å². The van der Waals surface area contributed by atoms with Crippen molar-refractivity contribution in [3.8, 4) is 11.5 Å². The number of hydrogen-bond donors (Lipinski definition) is 1. The van der Waals surface area contributed by atoms with Gasteiger partial charge in [-0.25, -0.2) is 13.8 Å². The normalized spacial score (nSPS) is 17.0. The standard InChI is InChI=1S/C21H20F2N2O3S/c1-12(2)11-25-20(27)19(9-13-4-7-17(26)18(8-13)28-3)29-21(25)24-16-6-5-14(22)10-15(16)23/h4-10,12,26H,11H2,1-3H3/b19-9+,24-21?. The van der Waals surface area contributed by atoms with Crippen LogP contribution >= 0.6 is 11.8 Å². The van der Waals surface area contributed by atoms with Gasteiger partial charge in [-0.15, -0.1) is 0 Å². The Labute approximate surface area is 171 Å². The van der Waals surface area contributed by atoms with E-state index in [2.05, 4.69) is 4.99 Å². The number of nitrogens with zero attached hydrogens (tertiary/aromatic N) is 2. The molecule has 29 heavy (non-hydrogen) atoms. The minimum Gasteiger partial charge on any atom is -0.504 e. The summed E-state index contributed by atoms with van der Waals surface area (Å²) in [6.45, 7) is 4.32. The fourth-order valence-corrected chi connectivity index (χ4v) is 3.73. The van der Waals surface area contributed by atoms with Crippen LogP contribution in [-0.2, 0) is 4.79 Å². The highest BCUT2D eigenvalue weighted by Gasteiger charge is 2.34. The van der Waals surface area contributed by atoms with Gasteiger partial charge < -0.3 is 9.84 Å². The number of benzene rings is 2. The van der Waals surface area contributed by atoms with E-state index in [1.807, 2.05) is 13.8 Å². The monoisotopic (exact) mass is 418 g/mol. The first-order valence-corrected chi connectivity index (χ1v) is 9.72. The molecule has 0 aliphatic carbocycles. The fourth-order valence-electron chi connectivity index (χ4n) is 2.73. The van der Waals surface area contributed by atoms with E-state index in [-0.39, 0.29) is 29.0 Å². The van der Waals surface area contributed by atoms with Crippen molar-refractivity contribution in [2.45, 2.75) is 13.8 Å². The molecule has 0 bridgehead atoms. The molecule has 1 saturated heterocycles. The minimum atomic E-state index is -0.796. The number of ether oxygens (including phenoxy) is 1. The Bertz CT molecular complexity index is 1010. The molecule has 152 valence electrons.